The summed E-state index contributed by atoms with van der Waals surface area (Å²) < 4.78 is 30.1. The van der Waals surface area contributed by atoms with Gasteiger partial charge in [-0.15, -0.1) is 0 Å². The molecule has 0 radical (unpaired) electrons. The van der Waals surface area contributed by atoms with E-state index in [9.17, 15) is 8.42 Å². The van der Waals surface area contributed by atoms with Crippen LogP contribution in [0.4, 0.5) is 0 Å². The normalized spacial score (nSPS) is 16.2. The van der Waals surface area contributed by atoms with Gasteiger partial charge in [0.2, 0.25) is 10.0 Å². The second-order valence-electron chi connectivity index (χ2n) is 7.89. The Balaban J connectivity index is 1.44. The molecule has 0 atom stereocenters. The van der Waals surface area contributed by atoms with E-state index < -0.39 is 10.0 Å². The maximum absolute atomic E-state index is 13.1. The fraction of sp³-hybridized carbons (Fsp3) is 0.348. The van der Waals surface area contributed by atoms with Crippen molar-refractivity contribution in [2.75, 3.05) is 13.1 Å². The molecule has 1 aromatic heterocycles. The largest absolute Gasteiger partial charge is 0.331 e. The first-order valence-corrected chi connectivity index (χ1v) is 11.5. The lowest BCUT2D eigenvalue weighted by molar-refractivity contribution is 0.253. The van der Waals surface area contributed by atoms with Gasteiger partial charge in [0.05, 0.1) is 4.90 Å². The Bertz CT molecular complexity index is 1080. The van der Waals surface area contributed by atoms with Gasteiger partial charge in [0, 0.05) is 37.6 Å². The number of hydrogen-bond acceptors (Lipinski definition) is 3. The fourth-order valence-electron chi connectivity index (χ4n) is 4.04. The highest BCUT2D eigenvalue weighted by Crippen LogP contribution is 2.28. The standard InChI is InChI=1S/C23H27N3O2S/c1-18-8-9-19(2)22(16-18)29(27,28)26-13-10-20(11-14-26)17-25-15-12-24-23(25)21-6-4-3-5-7-21/h3-9,12,15-16,20H,10-11,13-14,17H2,1-2H3. The van der Waals surface area contributed by atoms with Crippen molar-refractivity contribution < 1.29 is 8.42 Å². The molecule has 0 saturated carbocycles. The van der Waals surface area contributed by atoms with Crippen LogP contribution in [0.3, 0.4) is 0 Å². The molecular formula is C23H27N3O2S. The molecule has 0 N–H and O–H groups in total. The smallest absolute Gasteiger partial charge is 0.243 e. The van der Waals surface area contributed by atoms with Crippen molar-refractivity contribution in [2.24, 2.45) is 5.92 Å². The van der Waals surface area contributed by atoms with Crippen LogP contribution in [-0.4, -0.2) is 35.4 Å². The molecule has 1 aliphatic rings. The summed E-state index contributed by atoms with van der Waals surface area (Å²) in [7, 11) is -3.44. The van der Waals surface area contributed by atoms with Gasteiger partial charge in [-0.3, -0.25) is 0 Å². The van der Waals surface area contributed by atoms with E-state index >= 15 is 0 Å². The molecule has 29 heavy (non-hydrogen) atoms. The number of aromatic nitrogens is 2. The van der Waals surface area contributed by atoms with Crippen molar-refractivity contribution in [3.8, 4) is 11.4 Å². The Morgan fingerprint density at radius 1 is 1.03 bits per heavy atom. The maximum atomic E-state index is 13.1. The van der Waals surface area contributed by atoms with Gasteiger partial charge in [-0.25, -0.2) is 13.4 Å². The number of aryl methyl sites for hydroxylation is 2. The van der Waals surface area contributed by atoms with Gasteiger partial charge in [0.1, 0.15) is 5.82 Å². The number of hydrogen-bond donors (Lipinski definition) is 0. The zero-order valence-electron chi connectivity index (χ0n) is 17.0. The second-order valence-corrected chi connectivity index (χ2v) is 9.79. The molecule has 0 aliphatic carbocycles. The van der Waals surface area contributed by atoms with E-state index in [-0.39, 0.29) is 0 Å². The van der Waals surface area contributed by atoms with Gasteiger partial charge in [-0.05, 0) is 49.8 Å². The van der Waals surface area contributed by atoms with E-state index in [1.807, 2.05) is 56.6 Å². The Hall–Kier alpha value is -2.44. The summed E-state index contributed by atoms with van der Waals surface area (Å²) in [4.78, 5) is 4.96. The van der Waals surface area contributed by atoms with Crippen molar-refractivity contribution in [1.29, 1.82) is 0 Å². The van der Waals surface area contributed by atoms with Crippen LogP contribution < -0.4 is 0 Å². The molecule has 2 heterocycles. The van der Waals surface area contributed by atoms with Crippen LogP contribution in [0.2, 0.25) is 0 Å². The lowest BCUT2D eigenvalue weighted by Crippen LogP contribution is -2.39. The molecule has 0 bridgehead atoms. The maximum Gasteiger partial charge on any atom is 0.243 e. The van der Waals surface area contributed by atoms with Gasteiger partial charge in [0.25, 0.3) is 0 Å². The van der Waals surface area contributed by atoms with Crippen LogP contribution in [0.5, 0.6) is 0 Å². The number of sulfonamides is 1. The Labute approximate surface area is 173 Å². The average Bonchev–Trinajstić information content (AvgIpc) is 3.19. The van der Waals surface area contributed by atoms with Crippen molar-refractivity contribution in [1.82, 2.24) is 13.9 Å². The Morgan fingerprint density at radius 3 is 2.48 bits per heavy atom. The first-order chi connectivity index (χ1) is 13.9. The SMILES string of the molecule is Cc1ccc(C)c(S(=O)(=O)N2CCC(Cn3ccnc3-c3ccccc3)CC2)c1. The summed E-state index contributed by atoms with van der Waals surface area (Å²) in [5.41, 5.74) is 2.88. The molecule has 0 amide bonds. The lowest BCUT2D eigenvalue weighted by Gasteiger charge is -2.32. The van der Waals surface area contributed by atoms with Gasteiger partial charge in [0.15, 0.2) is 0 Å². The van der Waals surface area contributed by atoms with E-state index in [0.29, 0.717) is 23.9 Å². The predicted octanol–water partition coefficient (Wildman–Crippen LogP) is 4.27. The van der Waals surface area contributed by atoms with Crippen LogP contribution in [-0.2, 0) is 16.6 Å². The van der Waals surface area contributed by atoms with E-state index in [1.165, 1.54) is 0 Å². The summed E-state index contributed by atoms with van der Waals surface area (Å²) in [6.07, 6.45) is 5.57. The minimum atomic E-state index is -3.44. The number of benzene rings is 2. The molecule has 4 rings (SSSR count). The van der Waals surface area contributed by atoms with Gasteiger partial charge in [-0.1, -0.05) is 42.5 Å². The number of nitrogens with zero attached hydrogens (tertiary/aromatic N) is 3. The van der Waals surface area contributed by atoms with E-state index in [0.717, 1.165) is 41.9 Å². The summed E-state index contributed by atoms with van der Waals surface area (Å²) in [6.45, 7) is 5.79. The topological polar surface area (TPSA) is 55.2 Å². The van der Waals surface area contributed by atoms with Crippen LogP contribution in [0.15, 0.2) is 65.8 Å². The third kappa shape index (κ3) is 4.14. The monoisotopic (exact) mass is 409 g/mol. The molecule has 0 spiro atoms. The van der Waals surface area contributed by atoms with Crippen molar-refractivity contribution in [2.45, 2.75) is 38.1 Å². The van der Waals surface area contributed by atoms with Crippen molar-refractivity contribution in [3.63, 3.8) is 0 Å². The van der Waals surface area contributed by atoms with Crippen molar-refractivity contribution >= 4 is 10.0 Å². The highest BCUT2D eigenvalue weighted by atomic mass is 32.2. The number of rotatable bonds is 5. The molecule has 1 aliphatic heterocycles. The Morgan fingerprint density at radius 2 is 1.76 bits per heavy atom. The third-order valence-electron chi connectivity index (χ3n) is 5.74. The van der Waals surface area contributed by atoms with Crippen LogP contribution in [0, 0.1) is 19.8 Å². The summed E-state index contributed by atoms with van der Waals surface area (Å²) in [5, 5.41) is 0. The molecule has 2 aromatic carbocycles. The molecule has 6 heteroatoms. The average molecular weight is 410 g/mol. The predicted molar refractivity (Wildman–Crippen MR) is 115 cm³/mol. The first kappa shape index (κ1) is 19.9. The fourth-order valence-corrected chi connectivity index (χ4v) is 5.82. The van der Waals surface area contributed by atoms with Gasteiger partial charge in [-0.2, -0.15) is 4.31 Å². The molecule has 3 aromatic rings. The van der Waals surface area contributed by atoms with E-state index in [1.54, 1.807) is 10.4 Å². The molecule has 1 fully saturated rings. The molecule has 152 valence electrons. The lowest BCUT2D eigenvalue weighted by atomic mass is 9.98. The van der Waals surface area contributed by atoms with Gasteiger partial charge >= 0.3 is 0 Å². The van der Waals surface area contributed by atoms with Crippen molar-refractivity contribution in [3.05, 3.63) is 72.1 Å². The second kappa shape index (κ2) is 8.13. The molecular weight excluding hydrogens is 382 g/mol. The van der Waals surface area contributed by atoms with Crippen LogP contribution >= 0.6 is 0 Å². The minimum absolute atomic E-state index is 0.441. The summed E-state index contributed by atoms with van der Waals surface area (Å²) >= 11 is 0. The third-order valence-corrected chi connectivity index (χ3v) is 7.78. The van der Waals surface area contributed by atoms with E-state index in [4.69, 9.17) is 0 Å². The number of piperidine rings is 1. The first-order valence-electron chi connectivity index (χ1n) is 10.1. The zero-order valence-corrected chi connectivity index (χ0v) is 17.8. The highest BCUT2D eigenvalue weighted by Gasteiger charge is 2.30. The van der Waals surface area contributed by atoms with Crippen LogP contribution in [0.1, 0.15) is 24.0 Å². The van der Waals surface area contributed by atoms with Gasteiger partial charge < -0.3 is 4.57 Å². The molecule has 5 nitrogen and oxygen atoms in total. The summed E-state index contributed by atoms with van der Waals surface area (Å²) in [5.74, 6) is 1.41. The Kier molecular flexibility index (Phi) is 5.56. The zero-order chi connectivity index (χ0) is 20.4. The highest BCUT2D eigenvalue weighted by molar-refractivity contribution is 7.89. The molecule has 0 unspecified atom stereocenters. The minimum Gasteiger partial charge on any atom is -0.331 e. The quantitative estimate of drug-likeness (QED) is 0.632. The number of imidazole rings is 1. The van der Waals surface area contributed by atoms with E-state index in [2.05, 4.69) is 21.7 Å². The molecule has 1 saturated heterocycles. The summed E-state index contributed by atoms with van der Waals surface area (Å²) in [6, 6.07) is 15.8. The van der Waals surface area contributed by atoms with Crippen LogP contribution in [0.25, 0.3) is 11.4 Å².